The number of nitrogens with two attached hydrogens (primary N) is 4. The van der Waals surface area contributed by atoms with Crippen LogP contribution in [0.1, 0.15) is 195 Å². The molecule has 77 heavy (non-hydrogen) atoms. The summed E-state index contributed by atoms with van der Waals surface area (Å²) in [7, 11) is 0. The summed E-state index contributed by atoms with van der Waals surface area (Å²) in [6.45, 7) is 26.2. The summed E-state index contributed by atoms with van der Waals surface area (Å²) in [5, 5.41) is 28.0. The van der Waals surface area contributed by atoms with Crippen LogP contribution in [0, 0.1) is 23.7 Å². The first-order valence-electron chi connectivity index (χ1n) is 26.8. The molecule has 1 aromatic rings. The zero-order valence-electron chi connectivity index (χ0n) is 48.2. The van der Waals surface area contributed by atoms with E-state index in [4.69, 9.17) is 40.6 Å². The highest BCUT2D eigenvalue weighted by Gasteiger charge is 2.38. The van der Waals surface area contributed by atoms with Gasteiger partial charge in [-0.25, -0.2) is 19.2 Å². The average molecular weight is 1100 g/mol. The maximum atomic E-state index is 12.4. The van der Waals surface area contributed by atoms with Gasteiger partial charge in [-0.3, -0.25) is 26.2 Å². The summed E-state index contributed by atoms with van der Waals surface area (Å²) >= 11 is 0. The summed E-state index contributed by atoms with van der Waals surface area (Å²) < 4.78 is 20.8. The zero-order chi connectivity index (χ0) is 57.3. The summed E-state index contributed by atoms with van der Waals surface area (Å²) in [4.78, 5) is 72.4. The molecule has 5 aliphatic rings. The van der Waals surface area contributed by atoms with Crippen LogP contribution in [0.3, 0.4) is 0 Å². The van der Waals surface area contributed by atoms with Gasteiger partial charge < -0.3 is 67.4 Å². The monoisotopic (exact) mass is 1100 g/mol. The molecule has 1 heterocycles. The van der Waals surface area contributed by atoms with Crippen molar-refractivity contribution in [3.8, 4) is 0 Å². The van der Waals surface area contributed by atoms with E-state index in [-0.39, 0.29) is 86.3 Å². The van der Waals surface area contributed by atoms with Crippen molar-refractivity contribution in [2.24, 2.45) is 46.8 Å². The Hall–Kier alpha value is -4.84. The number of hydrogen-bond donors (Lipinski definition) is 10. The molecule has 0 spiro atoms. The largest absolute Gasteiger partial charge is 0.444 e. The van der Waals surface area contributed by atoms with Crippen molar-refractivity contribution in [2.45, 2.75) is 221 Å². The van der Waals surface area contributed by atoms with E-state index in [9.17, 15) is 28.8 Å². The van der Waals surface area contributed by atoms with Crippen LogP contribution in [0.5, 0.6) is 0 Å². The molecule has 0 bridgehead atoms. The molecule has 0 unspecified atom stereocenters. The summed E-state index contributed by atoms with van der Waals surface area (Å²) in [6, 6.07) is 7.59. The molecular formula is C55H105N9O13. The predicted molar refractivity (Wildman–Crippen MR) is 300 cm³/mol. The lowest BCUT2D eigenvalue weighted by Crippen LogP contribution is -2.38. The summed E-state index contributed by atoms with van der Waals surface area (Å²) in [5.74, 6) is 9.22. The van der Waals surface area contributed by atoms with Gasteiger partial charge in [-0.1, -0.05) is 19.6 Å². The Morgan fingerprint density at radius 2 is 0.766 bits per heavy atom. The lowest BCUT2D eigenvalue weighted by atomic mass is 10.1. The van der Waals surface area contributed by atoms with E-state index < -0.39 is 28.5 Å². The van der Waals surface area contributed by atoms with E-state index >= 15 is 0 Å². The van der Waals surface area contributed by atoms with Crippen molar-refractivity contribution in [3.63, 3.8) is 0 Å². The van der Waals surface area contributed by atoms with Crippen molar-refractivity contribution >= 4 is 36.2 Å². The van der Waals surface area contributed by atoms with E-state index in [2.05, 4.69) is 33.0 Å². The van der Waals surface area contributed by atoms with Gasteiger partial charge in [-0.15, -0.1) is 0 Å². The minimum atomic E-state index is -0.526. The minimum Gasteiger partial charge on any atom is -0.444 e. The molecule has 8 atom stereocenters. The zero-order valence-corrected chi connectivity index (χ0v) is 48.2. The van der Waals surface area contributed by atoms with Gasteiger partial charge in [-0.05, 0) is 216 Å². The predicted octanol–water partition coefficient (Wildman–Crippen LogP) is 6.55. The number of imide groups is 1. The summed E-state index contributed by atoms with van der Waals surface area (Å²) in [6.07, 6.45) is 10.0. The van der Waals surface area contributed by atoms with E-state index in [1.54, 1.807) is 31.2 Å². The molecule has 0 saturated heterocycles. The van der Waals surface area contributed by atoms with Gasteiger partial charge in [0.2, 0.25) is 0 Å². The first kappa shape index (κ1) is 74.2. The quantitative estimate of drug-likeness (QED) is 0.0542. The number of nitrogens with one attached hydrogen (secondary N) is 4. The molecule has 448 valence electrons. The van der Waals surface area contributed by atoms with Gasteiger partial charge >= 0.3 is 24.4 Å². The highest BCUT2D eigenvalue weighted by molar-refractivity contribution is 6.21. The van der Waals surface area contributed by atoms with Crippen molar-refractivity contribution in [2.75, 3.05) is 32.8 Å². The number of aliphatic hydroxyl groups excluding tert-OH is 2. The number of aliphatic hydroxyl groups is 2. The standard InChI is InChI=1S/C19H24N2O4.2C11H22N2O2.C11H21NO3.C2H6O.CH4.H4N2.H2O/c1-19(2,3)25-18(24)20-13-9-8-12(10-13)11-21-16(22)14-6-4-5-7-15(14)17(21)23;2*1-11(2,3)15-10(14)13-9-5-4-8(6-9)7-12;1-11(2,3)15-10(14)12-9-5-4-8(6-9)7-13;1-2-3;;1-2;/h4-7,12-13H,8-11H2,1-3H3,(H,20,24);2*8-9H,4-7,12H2,1-3H3,(H,13,14);8-9,13H,4-7H2,1-3H3,(H,12,14);3H,2H2,1H3;1H4;1-2H2;1H2/t12-,13+;3*8-,9+;;;;/m0000..../s1. The Morgan fingerprint density at radius 1 is 0.519 bits per heavy atom. The third-order valence-corrected chi connectivity index (χ3v) is 12.3. The van der Waals surface area contributed by atoms with Gasteiger partial charge in [0.05, 0.1) is 11.1 Å². The van der Waals surface area contributed by atoms with E-state index in [1.165, 1.54) is 4.90 Å². The second kappa shape index (κ2) is 35.6. The molecule has 4 aliphatic carbocycles. The average Bonchev–Trinajstić information content (AvgIpc) is 4.15. The molecule has 4 saturated carbocycles. The van der Waals surface area contributed by atoms with Crippen molar-refractivity contribution in [1.82, 2.24) is 26.2 Å². The van der Waals surface area contributed by atoms with Crippen molar-refractivity contribution < 1.29 is 63.4 Å². The van der Waals surface area contributed by atoms with Crippen LogP contribution in [-0.2, 0) is 18.9 Å². The first-order chi connectivity index (χ1) is 34.9. The topological polar surface area (TPSA) is 367 Å². The van der Waals surface area contributed by atoms with Gasteiger partial charge in [0.1, 0.15) is 22.4 Å². The molecular weight excluding hydrogens is 995 g/mol. The summed E-state index contributed by atoms with van der Waals surface area (Å²) in [5.41, 5.74) is 10.3. The number of alkyl carbamates (subject to hydrolysis) is 4. The number of hydrazine groups is 1. The van der Waals surface area contributed by atoms with Crippen molar-refractivity contribution in [1.29, 1.82) is 0 Å². The Labute approximate surface area is 460 Å². The van der Waals surface area contributed by atoms with Gasteiger partial charge in [0.15, 0.2) is 0 Å². The molecule has 6 rings (SSSR count). The van der Waals surface area contributed by atoms with Crippen LogP contribution in [0.25, 0.3) is 0 Å². The minimum absolute atomic E-state index is 0. The highest BCUT2D eigenvalue weighted by atomic mass is 16.6. The molecule has 0 radical (unpaired) electrons. The Balaban J connectivity index is 0. The van der Waals surface area contributed by atoms with E-state index in [0.717, 1.165) is 77.0 Å². The maximum absolute atomic E-state index is 12.4. The number of rotatable bonds is 9. The Morgan fingerprint density at radius 3 is 1.00 bits per heavy atom. The molecule has 1 aromatic carbocycles. The van der Waals surface area contributed by atoms with Crippen LogP contribution >= 0.6 is 0 Å². The van der Waals surface area contributed by atoms with Crippen molar-refractivity contribution in [3.05, 3.63) is 35.4 Å². The number of amides is 6. The second-order valence-electron chi connectivity index (χ2n) is 23.8. The third-order valence-electron chi connectivity index (χ3n) is 12.3. The number of fused-ring (bicyclic) bond motifs is 1. The molecule has 22 heteroatoms. The molecule has 6 amide bonds. The number of carbonyl (C=O) groups excluding carboxylic acids is 6. The lowest BCUT2D eigenvalue weighted by molar-refractivity contribution is 0.0491. The van der Waals surface area contributed by atoms with Crippen LogP contribution in [0.4, 0.5) is 19.2 Å². The fraction of sp³-hybridized carbons (Fsp3) is 0.782. The third kappa shape index (κ3) is 31.4. The van der Waals surface area contributed by atoms with Crippen LogP contribution in [0.2, 0.25) is 0 Å². The lowest BCUT2D eigenvalue weighted by Gasteiger charge is -2.22. The normalized spacial score (nSPS) is 23.2. The maximum Gasteiger partial charge on any atom is 0.407 e. The molecule has 0 aromatic heterocycles. The smallest absolute Gasteiger partial charge is 0.407 e. The van der Waals surface area contributed by atoms with E-state index in [1.807, 2.05) is 83.1 Å². The highest BCUT2D eigenvalue weighted by Crippen LogP contribution is 2.31. The van der Waals surface area contributed by atoms with Gasteiger partial charge in [0.25, 0.3) is 11.8 Å². The van der Waals surface area contributed by atoms with Gasteiger partial charge in [0, 0.05) is 43.9 Å². The Kier molecular flexibility index (Phi) is 34.3. The SMILES string of the molecule is C.CC(C)(C)OC(=O)N[C@@H]1CC[C@H](CN)C1.CC(C)(C)OC(=O)N[C@@H]1CC[C@H](CN)C1.CC(C)(C)OC(=O)N[C@@H]1CC[C@H](CN2C(=O)c3ccccc3C2=O)C1.CC(C)(C)OC(=O)N[C@@H]1CC[C@H](CO)C1.CCO.NN.O. The van der Waals surface area contributed by atoms with E-state index in [0.29, 0.717) is 48.5 Å². The molecule has 16 N–H and O–H groups in total. The molecule has 4 fully saturated rings. The van der Waals surface area contributed by atoms with Gasteiger partial charge in [-0.2, -0.15) is 0 Å². The fourth-order valence-electron chi connectivity index (χ4n) is 9.14. The number of nitrogens with zero attached hydrogens (tertiary/aromatic N) is 1. The Bertz CT molecular complexity index is 1750. The fourth-order valence-corrected chi connectivity index (χ4v) is 9.14. The van der Waals surface area contributed by atoms with Crippen LogP contribution in [-0.4, -0.2) is 136 Å². The number of carbonyl (C=O) groups is 6. The first-order valence-corrected chi connectivity index (χ1v) is 26.8. The number of benzene rings is 1. The molecule has 22 nitrogen and oxygen atoms in total. The second-order valence-corrected chi connectivity index (χ2v) is 23.8. The van der Waals surface area contributed by atoms with Crippen LogP contribution in [0.15, 0.2) is 24.3 Å². The number of ether oxygens (including phenoxy) is 4. The number of hydrogen-bond acceptors (Lipinski definition) is 16. The van der Waals surface area contributed by atoms with Crippen LogP contribution < -0.4 is 44.4 Å². The molecule has 1 aliphatic heterocycles.